The Bertz CT molecular complexity index is 556. The Balaban J connectivity index is 2.32. The van der Waals surface area contributed by atoms with Crippen LogP contribution in [-0.4, -0.2) is 20.9 Å². The van der Waals surface area contributed by atoms with Gasteiger partial charge in [-0.25, -0.2) is 0 Å². The van der Waals surface area contributed by atoms with Crippen molar-refractivity contribution in [2.24, 2.45) is 0 Å². The van der Waals surface area contributed by atoms with E-state index in [0.29, 0.717) is 0 Å². The molecule has 0 amide bonds. The van der Waals surface area contributed by atoms with E-state index in [9.17, 15) is 4.79 Å². The van der Waals surface area contributed by atoms with Crippen molar-refractivity contribution in [3.8, 4) is 11.1 Å². The highest BCUT2D eigenvalue weighted by atomic mass is 16.4. The van der Waals surface area contributed by atoms with Crippen LogP contribution in [0.4, 0.5) is 0 Å². The molecule has 0 fully saturated rings. The highest BCUT2D eigenvalue weighted by Crippen LogP contribution is 2.23. The lowest BCUT2D eigenvalue weighted by atomic mass is 10.0. The number of benzene rings is 1. The SMILES string of the molecule is CCc1ccc(-c2cnn(CC(=O)O)c2C)cc1. The molecule has 0 spiro atoms. The van der Waals surface area contributed by atoms with E-state index >= 15 is 0 Å². The third-order valence-corrected chi connectivity index (χ3v) is 3.06. The fourth-order valence-corrected chi connectivity index (χ4v) is 1.94. The molecule has 0 saturated heterocycles. The maximum atomic E-state index is 10.7. The second-order valence-electron chi connectivity index (χ2n) is 4.25. The fourth-order valence-electron chi connectivity index (χ4n) is 1.94. The summed E-state index contributed by atoms with van der Waals surface area (Å²) in [5, 5.41) is 12.9. The van der Waals surface area contributed by atoms with E-state index in [2.05, 4.69) is 24.2 Å². The predicted molar refractivity (Wildman–Crippen MR) is 69.4 cm³/mol. The average molecular weight is 244 g/mol. The molecule has 1 heterocycles. The van der Waals surface area contributed by atoms with E-state index < -0.39 is 5.97 Å². The molecular formula is C14H16N2O2. The lowest BCUT2D eigenvalue weighted by molar-refractivity contribution is -0.137. The summed E-state index contributed by atoms with van der Waals surface area (Å²) in [6.45, 7) is 3.91. The van der Waals surface area contributed by atoms with Gasteiger partial charge in [-0.1, -0.05) is 31.2 Å². The third kappa shape index (κ3) is 2.42. The molecule has 0 bridgehead atoms. The molecule has 0 saturated carbocycles. The molecule has 0 radical (unpaired) electrons. The predicted octanol–water partition coefficient (Wildman–Crippen LogP) is 2.51. The van der Waals surface area contributed by atoms with Crippen LogP contribution in [0.5, 0.6) is 0 Å². The summed E-state index contributed by atoms with van der Waals surface area (Å²) < 4.78 is 1.51. The van der Waals surface area contributed by atoms with Crippen molar-refractivity contribution >= 4 is 5.97 Å². The average Bonchev–Trinajstić information content (AvgIpc) is 2.71. The second-order valence-corrected chi connectivity index (χ2v) is 4.25. The van der Waals surface area contributed by atoms with Gasteiger partial charge in [-0.2, -0.15) is 5.10 Å². The number of rotatable bonds is 4. The van der Waals surface area contributed by atoms with Gasteiger partial charge in [0.05, 0.1) is 6.20 Å². The van der Waals surface area contributed by atoms with E-state index in [-0.39, 0.29) is 6.54 Å². The van der Waals surface area contributed by atoms with Gasteiger partial charge in [0.25, 0.3) is 0 Å². The summed E-state index contributed by atoms with van der Waals surface area (Å²) in [7, 11) is 0. The fraction of sp³-hybridized carbons (Fsp3) is 0.286. The molecule has 0 unspecified atom stereocenters. The van der Waals surface area contributed by atoms with Gasteiger partial charge in [-0.15, -0.1) is 0 Å². The molecule has 2 aromatic rings. The van der Waals surface area contributed by atoms with Crippen LogP contribution in [0, 0.1) is 6.92 Å². The first-order chi connectivity index (χ1) is 8.61. The van der Waals surface area contributed by atoms with Gasteiger partial charge in [0.2, 0.25) is 0 Å². The Morgan fingerprint density at radius 1 is 1.33 bits per heavy atom. The molecule has 0 aliphatic heterocycles. The summed E-state index contributed by atoms with van der Waals surface area (Å²) in [5.74, 6) is -0.880. The normalized spacial score (nSPS) is 10.6. The van der Waals surface area contributed by atoms with Crippen molar-refractivity contribution < 1.29 is 9.90 Å². The monoisotopic (exact) mass is 244 g/mol. The third-order valence-electron chi connectivity index (χ3n) is 3.06. The van der Waals surface area contributed by atoms with Crippen LogP contribution >= 0.6 is 0 Å². The van der Waals surface area contributed by atoms with Crippen molar-refractivity contribution in [2.75, 3.05) is 0 Å². The highest BCUT2D eigenvalue weighted by molar-refractivity contribution is 5.69. The number of hydrogen-bond donors (Lipinski definition) is 1. The summed E-state index contributed by atoms with van der Waals surface area (Å²) in [6.07, 6.45) is 2.73. The molecular weight excluding hydrogens is 228 g/mol. The standard InChI is InChI=1S/C14H16N2O2/c1-3-11-4-6-12(7-5-11)13-8-15-16(10(13)2)9-14(17)18/h4-8H,3,9H2,1-2H3,(H,17,18). The number of carboxylic acid groups (broad SMARTS) is 1. The lowest BCUT2D eigenvalue weighted by Gasteiger charge is -2.04. The summed E-state index contributed by atoms with van der Waals surface area (Å²) in [6, 6.07) is 8.27. The van der Waals surface area contributed by atoms with E-state index in [1.807, 2.05) is 19.1 Å². The van der Waals surface area contributed by atoms with Crippen LogP contribution in [0.2, 0.25) is 0 Å². The molecule has 1 N–H and O–H groups in total. The molecule has 0 aliphatic carbocycles. The van der Waals surface area contributed by atoms with Gasteiger partial charge in [-0.3, -0.25) is 9.48 Å². The molecule has 2 rings (SSSR count). The molecule has 0 aliphatic rings. The van der Waals surface area contributed by atoms with Gasteiger partial charge in [0, 0.05) is 11.3 Å². The quantitative estimate of drug-likeness (QED) is 0.899. The van der Waals surface area contributed by atoms with E-state index in [1.54, 1.807) is 6.20 Å². The number of aliphatic carboxylic acids is 1. The van der Waals surface area contributed by atoms with Crippen molar-refractivity contribution in [1.29, 1.82) is 0 Å². The number of carbonyl (C=O) groups is 1. The first-order valence-electron chi connectivity index (χ1n) is 5.95. The van der Waals surface area contributed by atoms with Crippen LogP contribution in [0.15, 0.2) is 30.5 Å². The van der Waals surface area contributed by atoms with Crippen LogP contribution in [-0.2, 0) is 17.8 Å². The van der Waals surface area contributed by atoms with Crippen LogP contribution in [0.3, 0.4) is 0 Å². The minimum atomic E-state index is -0.880. The Morgan fingerprint density at radius 3 is 2.56 bits per heavy atom. The van der Waals surface area contributed by atoms with Gasteiger partial charge >= 0.3 is 5.97 Å². The molecule has 4 nitrogen and oxygen atoms in total. The minimum absolute atomic E-state index is 0.0983. The molecule has 4 heteroatoms. The molecule has 1 aromatic heterocycles. The second kappa shape index (κ2) is 5.04. The molecule has 94 valence electrons. The highest BCUT2D eigenvalue weighted by Gasteiger charge is 2.10. The zero-order chi connectivity index (χ0) is 13.1. The number of hydrogen-bond acceptors (Lipinski definition) is 2. The van der Waals surface area contributed by atoms with Crippen LogP contribution in [0.1, 0.15) is 18.2 Å². The zero-order valence-corrected chi connectivity index (χ0v) is 10.6. The van der Waals surface area contributed by atoms with E-state index in [0.717, 1.165) is 23.2 Å². The van der Waals surface area contributed by atoms with E-state index in [4.69, 9.17) is 5.11 Å². The maximum Gasteiger partial charge on any atom is 0.325 e. The Morgan fingerprint density at radius 2 is 2.00 bits per heavy atom. The smallest absolute Gasteiger partial charge is 0.325 e. The van der Waals surface area contributed by atoms with Crippen LogP contribution < -0.4 is 0 Å². The summed E-state index contributed by atoms with van der Waals surface area (Å²) in [5.41, 5.74) is 4.22. The number of carboxylic acids is 1. The topological polar surface area (TPSA) is 55.1 Å². The molecule has 1 aromatic carbocycles. The summed E-state index contributed by atoms with van der Waals surface area (Å²) >= 11 is 0. The van der Waals surface area contributed by atoms with E-state index in [1.165, 1.54) is 10.2 Å². The van der Waals surface area contributed by atoms with Crippen molar-refractivity contribution in [2.45, 2.75) is 26.8 Å². The summed E-state index contributed by atoms with van der Waals surface area (Å²) in [4.78, 5) is 10.7. The first kappa shape index (κ1) is 12.4. The Hall–Kier alpha value is -2.10. The maximum absolute atomic E-state index is 10.7. The van der Waals surface area contributed by atoms with Crippen LogP contribution in [0.25, 0.3) is 11.1 Å². The van der Waals surface area contributed by atoms with Gasteiger partial charge in [0.1, 0.15) is 6.54 Å². The minimum Gasteiger partial charge on any atom is -0.480 e. The number of nitrogens with zero attached hydrogens (tertiary/aromatic N) is 2. The van der Waals surface area contributed by atoms with Crippen molar-refractivity contribution in [3.63, 3.8) is 0 Å². The first-order valence-corrected chi connectivity index (χ1v) is 5.95. The number of aryl methyl sites for hydroxylation is 1. The van der Waals surface area contributed by atoms with Gasteiger partial charge in [0.15, 0.2) is 0 Å². The molecule has 0 atom stereocenters. The van der Waals surface area contributed by atoms with Crippen molar-refractivity contribution in [1.82, 2.24) is 9.78 Å². The largest absolute Gasteiger partial charge is 0.480 e. The zero-order valence-electron chi connectivity index (χ0n) is 10.6. The number of aromatic nitrogens is 2. The van der Waals surface area contributed by atoms with Gasteiger partial charge < -0.3 is 5.11 Å². The van der Waals surface area contributed by atoms with Crippen molar-refractivity contribution in [3.05, 3.63) is 41.7 Å². The Kier molecular flexibility index (Phi) is 3.46. The van der Waals surface area contributed by atoms with Gasteiger partial charge in [-0.05, 0) is 24.5 Å². The lowest BCUT2D eigenvalue weighted by Crippen LogP contribution is -2.11. The Labute approximate surface area is 106 Å². The molecule has 18 heavy (non-hydrogen) atoms.